The van der Waals surface area contributed by atoms with Gasteiger partial charge in [-0.2, -0.15) is 18.3 Å². The first-order chi connectivity index (χ1) is 15.5. The van der Waals surface area contributed by atoms with Crippen LogP contribution in [0.25, 0.3) is 0 Å². The molecule has 174 valence electrons. The summed E-state index contributed by atoms with van der Waals surface area (Å²) in [6.45, 7) is 3.65. The summed E-state index contributed by atoms with van der Waals surface area (Å²) in [5, 5.41) is 15.2. The fourth-order valence-corrected chi connectivity index (χ4v) is 3.32. The van der Waals surface area contributed by atoms with Crippen LogP contribution < -0.4 is 10.1 Å². The monoisotopic (exact) mass is 481 g/mol. The molecule has 1 saturated carbocycles. The second-order valence-electron chi connectivity index (χ2n) is 7.27. The van der Waals surface area contributed by atoms with E-state index in [1.807, 2.05) is 0 Å². The summed E-state index contributed by atoms with van der Waals surface area (Å²) in [5.41, 5.74) is -2.67. The third-order valence-corrected chi connectivity index (χ3v) is 5.16. The van der Waals surface area contributed by atoms with Crippen LogP contribution in [0.5, 0.6) is 11.6 Å². The van der Waals surface area contributed by atoms with Crippen molar-refractivity contribution in [1.82, 2.24) is 15.1 Å². The van der Waals surface area contributed by atoms with Crippen molar-refractivity contribution < 1.29 is 32.6 Å². The highest BCUT2D eigenvalue weighted by Crippen LogP contribution is 2.44. The molecule has 1 fully saturated rings. The number of allylic oxidation sites excluding steroid dienone is 2. The molecule has 0 aliphatic heterocycles. The molecule has 3 rings (SSSR count). The van der Waals surface area contributed by atoms with Crippen molar-refractivity contribution in [1.29, 1.82) is 0 Å². The highest BCUT2D eigenvalue weighted by atomic mass is 35.5. The Morgan fingerprint density at radius 2 is 1.94 bits per heavy atom. The molecule has 2 N–H and O–H groups in total. The SMILES string of the molecule is C=C/C(=C\C=C\C(=O)O)C1(NC(=O)c2c(C(F)(F)F)nn(C)c2Oc2ccc(Cl)cc2)CC1. The molecule has 2 aromatic rings. The van der Waals surface area contributed by atoms with Crippen molar-refractivity contribution in [2.45, 2.75) is 24.6 Å². The Hall–Kier alpha value is -3.53. The summed E-state index contributed by atoms with van der Waals surface area (Å²) in [7, 11) is 1.23. The first kappa shape index (κ1) is 24.1. The van der Waals surface area contributed by atoms with Gasteiger partial charge in [-0.1, -0.05) is 36.4 Å². The number of carbonyl (C=O) groups excluding carboxylic acids is 1. The largest absolute Gasteiger partial charge is 0.478 e. The van der Waals surface area contributed by atoms with E-state index in [0.29, 0.717) is 23.4 Å². The van der Waals surface area contributed by atoms with E-state index < -0.39 is 40.7 Å². The molecule has 33 heavy (non-hydrogen) atoms. The van der Waals surface area contributed by atoms with Crippen LogP contribution in [0.2, 0.25) is 5.02 Å². The number of hydrogen-bond donors (Lipinski definition) is 2. The van der Waals surface area contributed by atoms with Crippen molar-refractivity contribution in [3.05, 3.63) is 77.0 Å². The molecule has 0 radical (unpaired) electrons. The average molecular weight is 482 g/mol. The number of hydrogen-bond acceptors (Lipinski definition) is 4. The van der Waals surface area contributed by atoms with E-state index in [9.17, 15) is 22.8 Å². The Morgan fingerprint density at radius 3 is 2.45 bits per heavy atom. The van der Waals surface area contributed by atoms with Crippen molar-refractivity contribution in [3.63, 3.8) is 0 Å². The number of carbonyl (C=O) groups is 2. The van der Waals surface area contributed by atoms with Gasteiger partial charge >= 0.3 is 12.1 Å². The summed E-state index contributed by atoms with van der Waals surface area (Å²) in [6, 6.07) is 5.87. The van der Waals surface area contributed by atoms with Crippen LogP contribution in [0.1, 0.15) is 28.9 Å². The maximum Gasteiger partial charge on any atom is 0.436 e. The van der Waals surface area contributed by atoms with Crippen LogP contribution >= 0.6 is 11.6 Å². The number of nitrogens with one attached hydrogen (secondary N) is 1. The number of amides is 1. The summed E-state index contributed by atoms with van der Waals surface area (Å²) in [4.78, 5) is 23.8. The van der Waals surface area contributed by atoms with E-state index in [4.69, 9.17) is 21.4 Å². The van der Waals surface area contributed by atoms with Gasteiger partial charge in [0.15, 0.2) is 5.69 Å². The minimum atomic E-state index is -4.91. The molecule has 1 aromatic carbocycles. The van der Waals surface area contributed by atoms with Gasteiger partial charge in [-0.3, -0.25) is 4.79 Å². The number of halogens is 4. The molecule has 11 heteroatoms. The van der Waals surface area contributed by atoms with Crippen LogP contribution in [0.3, 0.4) is 0 Å². The zero-order valence-electron chi connectivity index (χ0n) is 17.3. The average Bonchev–Trinajstić information content (AvgIpc) is 3.42. The second-order valence-corrected chi connectivity index (χ2v) is 7.70. The molecule has 1 amide bonds. The normalized spacial score (nSPS) is 15.4. The number of nitrogens with zero attached hydrogens (tertiary/aromatic N) is 2. The molecule has 1 aliphatic rings. The molecule has 0 bridgehead atoms. The zero-order valence-corrected chi connectivity index (χ0v) is 18.1. The van der Waals surface area contributed by atoms with Gasteiger partial charge in [0.05, 0.1) is 5.54 Å². The van der Waals surface area contributed by atoms with Crippen LogP contribution in [0.15, 0.2) is 60.7 Å². The number of alkyl halides is 3. The second kappa shape index (κ2) is 9.14. The predicted octanol–water partition coefficient (Wildman–Crippen LogP) is 4.90. The zero-order chi connectivity index (χ0) is 24.4. The molecule has 1 aromatic heterocycles. The molecule has 0 spiro atoms. The van der Waals surface area contributed by atoms with E-state index in [-0.39, 0.29) is 5.75 Å². The number of aliphatic carboxylic acids is 1. The van der Waals surface area contributed by atoms with Crippen LogP contribution in [-0.2, 0) is 18.0 Å². The Kier molecular flexibility index (Phi) is 6.68. The van der Waals surface area contributed by atoms with Gasteiger partial charge in [-0.05, 0) is 42.7 Å². The Morgan fingerprint density at radius 1 is 1.30 bits per heavy atom. The van der Waals surface area contributed by atoms with Gasteiger partial charge in [-0.25, -0.2) is 9.48 Å². The number of benzene rings is 1. The van der Waals surface area contributed by atoms with Crippen molar-refractivity contribution >= 4 is 23.5 Å². The van der Waals surface area contributed by atoms with Gasteiger partial charge in [0.2, 0.25) is 5.88 Å². The minimum absolute atomic E-state index is 0.164. The minimum Gasteiger partial charge on any atom is -0.478 e. The first-order valence-corrected chi connectivity index (χ1v) is 9.99. The lowest BCUT2D eigenvalue weighted by Gasteiger charge is -2.19. The number of aryl methyl sites for hydroxylation is 1. The predicted molar refractivity (Wildman–Crippen MR) is 114 cm³/mol. The van der Waals surface area contributed by atoms with Crippen molar-refractivity contribution in [3.8, 4) is 11.6 Å². The van der Waals surface area contributed by atoms with Gasteiger partial charge in [0.25, 0.3) is 5.91 Å². The van der Waals surface area contributed by atoms with Gasteiger partial charge < -0.3 is 15.2 Å². The Labute approximate surface area is 191 Å². The first-order valence-electron chi connectivity index (χ1n) is 9.61. The quantitative estimate of drug-likeness (QED) is 0.413. The molecular weight excluding hydrogens is 463 g/mol. The summed E-state index contributed by atoms with van der Waals surface area (Å²) in [5.74, 6) is -2.44. The lowest BCUT2D eigenvalue weighted by atomic mass is 10.0. The maximum absolute atomic E-state index is 13.7. The molecule has 0 unspecified atom stereocenters. The molecule has 0 saturated heterocycles. The van der Waals surface area contributed by atoms with Gasteiger partial charge in [-0.15, -0.1) is 0 Å². The highest BCUT2D eigenvalue weighted by Gasteiger charge is 2.49. The molecule has 0 atom stereocenters. The van der Waals surface area contributed by atoms with E-state index in [1.54, 1.807) is 0 Å². The number of carboxylic acids is 1. The van der Waals surface area contributed by atoms with Crippen molar-refractivity contribution in [2.75, 3.05) is 0 Å². The van der Waals surface area contributed by atoms with Gasteiger partial charge in [0, 0.05) is 18.1 Å². The fourth-order valence-electron chi connectivity index (χ4n) is 3.19. The summed E-state index contributed by atoms with van der Waals surface area (Å²) < 4.78 is 47.5. The summed E-state index contributed by atoms with van der Waals surface area (Å²) in [6.07, 6.45) is 0.962. The molecule has 7 nitrogen and oxygen atoms in total. The van der Waals surface area contributed by atoms with Crippen LogP contribution in [0, 0.1) is 0 Å². The summed E-state index contributed by atoms with van der Waals surface area (Å²) >= 11 is 5.83. The number of ether oxygens (including phenoxy) is 1. The standard InChI is InChI=1S/C22H19ClF3N3O4/c1-3-13(5-4-6-16(30)31)21(11-12-21)27-19(32)17-18(22(24,25)26)28-29(2)20(17)33-15-9-7-14(23)8-10-15/h3-10H,1,11-12H2,2H3,(H,27,32)(H,30,31)/b6-4+,13-5+. The number of aromatic nitrogens is 2. The number of carboxylic acid groups (broad SMARTS) is 1. The lowest BCUT2D eigenvalue weighted by molar-refractivity contribution is -0.141. The molecular formula is C22H19ClF3N3O4. The molecule has 1 aliphatic carbocycles. The van der Waals surface area contributed by atoms with E-state index in [2.05, 4.69) is 17.0 Å². The third-order valence-electron chi connectivity index (χ3n) is 4.91. The smallest absolute Gasteiger partial charge is 0.436 e. The topological polar surface area (TPSA) is 93.5 Å². The van der Waals surface area contributed by atoms with Crippen molar-refractivity contribution in [2.24, 2.45) is 7.05 Å². The Balaban J connectivity index is 1.98. The van der Waals surface area contributed by atoms with E-state index in [0.717, 1.165) is 10.8 Å². The molecule has 1 heterocycles. The van der Waals surface area contributed by atoms with Crippen LogP contribution in [-0.4, -0.2) is 32.3 Å². The Bertz CT molecular complexity index is 1150. The third kappa shape index (κ3) is 5.46. The van der Waals surface area contributed by atoms with Gasteiger partial charge in [0.1, 0.15) is 11.3 Å². The highest BCUT2D eigenvalue weighted by molar-refractivity contribution is 6.30. The van der Waals surface area contributed by atoms with Crippen LogP contribution in [0.4, 0.5) is 13.2 Å². The fraction of sp³-hybridized carbons (Fsp3) is 0.227. The van der Waals surface area contributed by atoms with E-state index >= 15 is 0 Å². The van der Waals surface area contributed by atoms with E-state index in [1.165, 1.54) is 49.5 Å². The number of rotatable bonds is 8. The lowest BCUT2D eigenvalue weighted by Crippen LogP contribution is -2.38. The maximum atomic E-state index is 13.7.